The van der Waals surface area contributed by atoms with Crippen LogP contribution in [0.2, 0.25) is 0 Å². The Morgan fingerprint density at radius 1 is 1.08 bits per heavy atom. The molecule has 3 N–H and O–H groups in total. The monoisotopic (exact) mass is 372 g/mol. The molecular formula is C18H16N2O5S. The third-order valence-corrected chi connectivity index (χ3v) is 5.36. The molecule has 1 heterocycles. The molecule has 26 heavy (non-hydrogen) atoms. The first-order valence-electron chi connectivity index (χ1n) is 7.68. The molecule has 7 nitrogen and oxygen atoms in total. The van der Waals surface area contributed by atoms with E-state index in [0.29, 0.717) is 22.0 Å². The Morgan fingerprint density at radius 2 is 1.81 bits per heavy atom. The SMILES string of the molecule is Cc1cc(=O)[nH]c2c(C)cc(S(=O)(=O)Nc3cccc(C(=O)O)c3)cc12. The molecule has 1 aromatic heterocycles. The van der Waals surface area contributed by atoms with E-state index < -0.39 is 16.0 Å². The summed E-state index contributed by atoms with van der Waals surface area (Å²) >= 11 is 0. The topological polar surface area (TPSA) is 116 Å². The number of aromatic nitrogens is 1. The lowest BCUT2D eigenvalue weighted by molar-refractivity contribution is 0.0697. The van der Waals surface area contributed by atoms with Crippen molar-refractivity contribution in [2.24, 2.45) is 0 Å². The average molecular weight is 372 g/mol. The minimum Gasteiger partial charge on any atom is -0.478 e. The molecule has 0 unspecified atom stereocenters. The van der Waals surface area contributed by atoms with Crippen LogP contribution in [-0.2, 0) is 10.0 Å². The molecule has 0 fully saturated rings. The second-order valence-corrected chi connectivity index (χ2v) is 7.65. The fourth-order valence-corrected chi connectivity index (χ4v) is 3.91. The molecule has 0 aliphatic rings. The van der Waals surface area contributed by atoms with Gasteiger partial charge in [-0.3, -0.25) is 9.52 Å². The maximum absolute atomic E-state index is 12.7. The summed E-state index contributed by atoms with van der Waals surface area (Å²) < 4.78 is 27.8. The molecule has 0 bridgehead atoms. The van der Waals surface area contributed by atoms with Crippen LogP contribution in [0.25, 0.3) is 10.9 Å². The van der Waals surface area contributed by atoms with Crippen LogP contribution in [0.4, 0.5) is 5.69 Å². The van der Waals surface area contributed by atoms with Crippen molar-refractivity contribution in [3.63, 3.8) is 0 Å². The Kier molecular flexibility index (Phi) is 4.29. The maximum Gasteiger partial charge on any atom is 0.335 e. The zero-order valence-corrected chi connectivity index (χ0v) is 14.8. The van der Waals surface area contributed by atoms with Gasteiger partial charge in [0.2, 0.25) is 5.56 Å². The van der Waals surface area contributed by atoms with E-state index in [1.54, 1.807) is 13.8 Å². The number of hydrogen-bond acceptors (Lipinski definition) is 4. The average Bonchev–Trinajstić information content (AvgIpc) is 2.55. The van der Waals surface area contributed by atoms with Crippen LogP contribution < -0.4 is 10.3 Å². The van der Waals surface area contributed by atoms with Gasteiger partial charge in [-0.1, -0.05) is 6.07 Å². The van der Waals surface area contributed by atoms with Gasteiger partial charge in [-0.2, -0.15) is 0 Å². The second-order valence-electron chi connectivity index (χ2n) is 5.97. The number of carboxylic acids is 1. The number of fused-ring (bicyclic) bond motifs is 1. The van der Waals surface area contributed by atoms with Gasteiger partial charge in [-0.25, -0.2) is 13.2 Å². The molecule has 0 amide bonds. The van der Waals surface area contributed by atoms with Crippen molar-refractivity contribution in [2.45, 2.75) is 18.7 Å². The summed E-state index contributed by atoms with van der Waals surface area (Å²) in [5.74, 6) is -1.15. The number of carbonyl (C=O) groups is 1. The Hall–Kier alpha value is -3.13. The van der Waals surface area contributed by atoms with Crippen molar-refractivity contribution in [1.82, 2.24) is 4.98 Å². The van der Waals surface area contributed by atoms with E-state index in [2.05, 4.69) is 9.71 Å². The van der Waals surface area contributed by atoms with Crippen molar-refractivity contribution in [3.8, 4) is 0 Å². The fraction of sp³-hybridized carbons (Fsp3) is 0.111. The standard InChI is InChI=1S/C18H16N2O5S/c1-10-7-16(21)19-17-11(2)6-14(9-15(10)17)26(24,25)20-13-5-3-4-12(8-13)18(22)23/h3-9,20H,1-2H3,(H,19,21)(H,22,23). The highest BCUT2D eigenvalue weighted by Gasteiger charge is 2.18. The fourth-order valence-electron chi connectivity index (χ4n) is 2.75. The lowest BCUT2D eigenvalue weighted by Crippen LogP contribution is -2.14. The molecule has 0 saturated carbocycles. The molecule has 0 saturated heterocycles. The van der Waals surface area contributed by atoms with E-state index in [1.165, 1.54) is 42.5 Å². The minimum atomic E-state index is -3.93. The van der Waals surface area contributed by atoms with E-state index >= 15 is 0 Å². The number of pyridine rings is 1. The first-order valence-corrected chi connectivity index (χ1v) is 9.16. The van der Waals surface area contributed by atoms with Crippen molar-refractivity contribution >= 4 is 32.6 Å². The van der Waals surface area contributed by atoms with E-state index in [0.717, 1.165) is 0 Å². The lowest BCUT2D eigenvalue weighted by atomic mass is 10.1. The maximum atomic E-state index is 12.7. The van der Waals surface area contributed by atoms with Crippen molar-refractivity contribution in [3.05, 3.63) is 69.5 Å². The highest BCUT2D eigenvalue weighted by molar-refractivity contribution is 7.92. The minimum absolute atomic E-state index is 0.0201. The molecule has 0 atom stereocenters. The molecular weight excluding hydrogens is 356 g/mol. The van der Waals surface area contributed by atoms with Gasteiger partial charge in [-0.05, 0) is 55.3 Å². The van der Waals surface area contributed by atoms with E-state index in [4.69, 9.17) is 5.11 Å². The molecule has 8 heteroatoms. The van der Waals surface area contributed by atoms with Crippen LogP contribution in [0.1, 0.15) is 21.5 Å². The number of aryl methyl sites for hydroxylation is 2. The number of anilines is 1. The Labute approximate surface area is 149 Å². The molecule has 3 rings (SSSR count). The number of hydrogen-bond donors (Lipinski definition) is 3. The number of aromatic carboxylic acids is 1. The predicted molar refractivity (Wildman–Crippen MR) is 98.3 cm³/mol. The highest BCUT2D eigenvalue weighted by atomic mass is 32.2. The van der Waals surface area contributed by atoms with E-state index in [-0.39, 0.29) is 21.7 Å². The number of nitrogens with one attached hydrogen (secondary N) is 2. The van der Waals surface area contributed by atoms with Crippen molar-refractivity contribution in [1.29, 1.82) is 0 Å². The number of benzene rings is 2. The molecule has 2 aromatic carbocycles. The molecule has 0 spiro atoms. The van der Waals surface area contributed by atoms with Crippen molar-refractivity contribution in [2.75, 3.05) is 4.72 Å². The molecule has 0 aliphatic carbocycles. The summed E-state index contributed by atoms with van der Waals surface area (Å²) in [6, 6.07) is 9.90. The normalized spacial score (nSPS) is 11.5. The largest absolute Gasteiger partial charge is 0.478 e. The number of rotatable bonds is 4. The summed E-state index contributed by atoms with van der Waals surface area (Å²) in [5, 5.41) is 9.66. The Balaban J connectivity index is 2.09. The highest BCUT2D eigenvalue weighted by Crippen LogP contribution is 2.25. The zero-order valence-electron chi connectivity index (χ0n) is 14.0. The molecule has 0 radical (unpaired) electrons. The number of carboxylic acid groups (broad SMARTS) is 1. The predicted octanol–water partition coefficient (Wildman–Crippen LogP) is 2.64. The van der Waals surface area contributed by atoms with Crippen molar-refractivity contribution < 1.29 is 18.3 Å². The van der Waals surface area contributed by atoms with Gasteiger partial charge in [0.15, 0.2) is 0 Å². The smallest absolute Gasteiger partial charge is 0.335 e. The Morgan fingerprint density at radius 3 is 2.50 bits per heavy atom. The van der Waals surface area contributed by atoms with Gasteiger partial charge in [0.05, 0.1) is 16.0 Å². The first-order chi connectivity index (χ1) is 12.2. The second kappa shape index (κ2) is 6.30. The number of sulfonamides is 1. The van der Waals surface area contributed by atoms with Crippen LogP contribution in [0.15, 0.2) is 52.2 Å². The molecule has 3 aromatic rings. The van der Waals surface area contributed by atoms with Crippen LogP contribution in [0.3, 0.4) is 0 Å². The van der Waals surface area contributed by atoms with Gasteiger partial charge < -0.3 is 10.1 Å². The summed E-state index contributed by atoms with van der Waals surface area (Å²) in [7, 11) is -3.93. The van der Waals surface area contributed by atoms with E-state index in [9.17, 15) is 18.0 Å². The van der Waals surface area contributed by atoms with Crippen LogP contribution in [-0.4, -0.2) is 24.5 Å². The molecule has 0 aliphatic heterocycles. The van der Waals surface area contributed by atoms with Gasteiger partial charge in [0, 0.05) is 17.1 Å². The van der Waals surface area contributed by atoms with Crippen LogP contribution >= 0.6 is 0 Å². The van der Waals surface area contributed by atoms with Crippen LogP contribution in [0, 0.1) is 13.8 Å². The summed E-state index contributed by atoms with van der Waals surface area (Å²) in [6.07, 6.45) is 0. The summed E-state index contributed by atoms with van der Waals surface area (Å²) in [6.45, 7) is 3.44. The molecule has 134 valence electrons. The zero-order chi connectivity index (χ0) is 19.1. The van der Waals surface area contributed by atoms with Gasteiger partial charge in [-0.15, -0.1) is 0 Å². The van der Waals surface area contributed by atoms with Gasteiger partial charge in [0.25, 0.3) is 10.0 Å². The van der Waals surface area contributed by atoms with Gasteiger partial charge >= 0.3 is 5.97 Å². The van der Waals surface area contributed by atoms with E-state index in [1.807, 2.05) is 0 Å². The third kappa shape index (κ3) is 3.31. The quantitative estimate of drug-likeness (QED) is 0.651. The summed E-state index contributed by atoms with van der Waals surface area (Å²) in [4.78, 5) is 25.4. The van der Waals surface area contributed by atoms with Crippen LogP contribution in [0.5, 0.6) is 0 Å². The third-order valence-electron chi connectivity index (χ3n) is 4.00. The van der Waals surface area contributed by atoms with Gasteiger partial charge in [0.1, 0.15) is 0 Å². The first kappa shape index (κ1) is 17.7. The number of aromatic amines is 1. The summed E-state index contributed by atoms with van der Waals surface area (Å²) in [5.41, 5.74) is 1.74. The number of H-pyrrole nitrogens is 1. The Bertz CT molecular complexity index is 1200. The lowest BCUT2D eigenvalue weighted by Gasteiger charge is -2.12.